The van der Waals surface area contributed by atoms with E-state index in [1.807, 2.05) is 41.3 Å². The second-order valence-electron chi connectivity index (χ2n) is 8.09. The van der Waals surface area contributed by atoms with Gasteiger partial charge < -0.3 is 34.1 Å². The first-order valence-corrected chi connectivity index (χ1v) is 11.5. The highest BCUT2D eigenvalue weighted by Crippen LogP contribution is 2.31. The van der Waals surface area contributed by atoms with Crippen molar-refractivity contribution >= 4 is 33.9 Å². The van der Waals surface area contributed by atoms with E-state index in [1.165, 1.54) is 0 Å². The van der Waals surface area contributed by atoms with Crippen molar-refractivity contribution < 1.29 is 18.9 Å². The Bertz CT molecular complexity index is 1210. The van der Waals surface area contributed by atoms with Gasteiger partial charge in [-0.15, -0.1) is 0 Å². The molecule has 0 saturated carbocycles. The van der Waals surface area contributed by atoms with Gasteiger partial charge in [-0.05, 0) is 61.5 Å². The number of pyridine rings is 1. The smallest absolute Gasteiger partial charge is 0.253 e. The van der Waals surface area contributed by atoms with Gasteiger partial charge in [-0.2, -0.15) is 0 Å². The lowest BCUT2D eigenvalue weighted by Gasteiger charge is -2.28. The molecule has 1 aliphatic heterocycles. The van der Waals surface area contributed by atoms with Gasteiger partial charge in [0.05, 0.1) is 39.5 Å². The van der Waals surface area contributed by atoms with Crippen molar-refractivity contribution in [3.63, 3.8) is 0 Å². The van der Waals surface area contributed by atoms with E-state index in [2.05, 4.69) is 10.3 Å². The number of aromatic amines is 1. The van der Waals surface area contributed by atoms with Crippen LogP contribution >= 0.6 is 12.2 Å². The molecule has 0 radical (unpaired) electrons. The molecule has 9 heteroatoms. The van der Waals surface area contributed by atoms with Gasteiger partial charge in [0.25, 0.3) is 5.56 Å². The highest BCUT2D eigenvalue weighted by atomic mass is 32.1. The quantitative estimate of drug-likeness (QED) is 0.466. The minimum atomic E-state index is -0.177. The summed E-state index contributed by atoms with van der Waals surface area (Å²) >= 11 is 5.74. The van der Waals surface area contributed by atoms with Gasteiger partial charge in [0.2, 0.25) is 0 Å². The van der Waals surface area contributed by atoms with E-state index in [4.69, 9.17) is 31.2 Å². The highest BCUT2D eigenvalue weighted by Gasteiger charge is 2.22. The number of methoxy groups -OCH3 is 3. The summed E-state index contributed by atoms with van der Waals surface area (Å²) in [6.07, 6.45) is 2.06. The van der Waals surface area contributed by atoms with Crippen LogP contribution in [0.5, 0.6) is 17.2 Å². The van der Waals surface area contributed by atoms with Crippen LogP contribution in [0.1, 0.15) is 18.4 Å². The molecule has 3 aromatic rings. The SMILES string of the molecule is COc1ccc(NC(=S)N(Cc2cc3cc(OC)c(OC)cc3[nH]c2=O)C[C@@H]2CCCO2)cc1. The summed E-state index contributed by atoms with van der Waals surface area (Å²) < 4.78 is 21.8. The Balaban J connectivity index is 1.61. The zero-order valence-corrected chi connectivity index (χ0v) is 20.4. The average Bonchev–Trinajstić information content (AvgIpc) is 3.37. The van der Waals surface area contributed by atoms with E-state index >= 15 is 0 Å². The maximum absolute atomic E-state index is 12.9. The Morgan fingerprint density at radius 2 is 1.85 bits per heavy atom. The van der Waals surface area contributed by atoms with Crippen molar-refractivity contribution in [2.24, 2.45) is 0 Å². The molecule has 34 heavy (non-hydrogen) atoms. The molecule has 0 bridgehead atoms. The number of benzene rings is 2. The van der Waals surface area contributed by atoms with Crippen LogP contribution in [-0.4, -0.2) is 55.6 Å². The largest absolute Gasteiger partial charge is 0.497 e. The van der Waals surface area contributed by atoms with Crippen LogP contribution in [0, 0.1) is 0 Å². The summed E-state index contributed by atoms with van der Waals surface area (Å²) in [6, 6.07) is 13.0. The van der Waals surface area contributed by atoms with Gasteiger partial charge in [-0.3, -0.25) is 4.79 Å². The molecule has 180 valence electrons. The lowest BCUT2D eigenvalue weighted by molar-refractivity contribution is 0.0904. The maximum atomic E-state index is 12.9. The van der Waals surface area contributed by atoms with E-state index in [-0.39, 0.29) is 11.7 Å². The summed E-state index contributed by atoms with van der Waals surface area (Å²) in [7, 11) is 4.78. The minimum absolute atomic E-state index is 0.0690. The van der Waals surface area contributed by atoms with Crippen molar-refractivity contribution in [1.82, 2.24) is 9.88 Å². The Morgan fingerprint density at radius 3 is 2.50 bits per heavy atom. The molecule has 1 saturated heterocycles. The normalized spacial score (nSPS) is 15.2. The van der Waals surface area contributed by atoms with E-state index < -0.39 is 0 Å². The number of hydrogen-bond donors (Lipinski definition) is 2. The van der Waals surface area contributed by atoms with E-state index in [0.29, 0.717) is 40.8 Å². The number of aromatic nitrogens is 1. The molecule has 1 fully saturated rings. The van der Waals surface area contributed by atoms with Gasteiger partial charge in [0.15, 0.2) is 16.6 Å². The third-order valence-electron chi connectivity index (χ3n) is 5.86. The molecule has 0 spiro atoms. The van der Waals surface area contributed by atoms with E-state index in [9.17, 15) is 4.79 Å². The standard InChI is InChI=1S/C25H29N3O5S/c1-30-19-8-6-18(7-9-19)26-25(34)28(15-20-5-4-10-33-20)14-17-11-16-12-22(31-2)23(32-3)13-21(16)27-24(17)29/h6-9,11-13,20H,4-5,10,14-15H2,1-3H3,(H,26,34)(H,27,29)/t20-/m0/s1. The number of rotatable bonds is 8. The van der Waals surface area contributed by atoms with Crippen LogP contribution in [0.4, 0.5) is 5.69 Å². The Morgan fingerprint density at radius 1 is 1.12 bits per heavy atom. The first-order valence-electron chi connectivity index (χ1n) is 11.1. The zero-order valence-electron chi connectivity index (χ0n) is 19.6. The lowest BCUT2D eigenvalue weighted by Crippen LogP contribution is -2.40. The first kappa shape index (κ1) is 23.8. The van der Waals surface area contributed by atoms with Crippen LogP contribution in [0.3, 0.4) is 0 Å². The molecular formula is C25H29N3O5S. The van der Waals surface area contributed by atoms with Gasteiger partial charge in [0.1, 0.15) is 5.75 Å². The molecule has 0 unspecified atom stereocenters. The van der Waals surface area contributed by atoms with Crippen LogP contribution in [0.15, 0.2) is 47.3 Å². The van der Waals surface area contributed by atoms with E-state index in [0.717, 1.165) is 36.3 Å². The van der Waals surface area contributed by atoms with E-state index in [1.54, 1.807) is 27.4 Å². The molecule has 0 amide bonds. The maximum Gasteiger partial charge on any atom is 0.253 e. The summed E-state index contributed by atoms with van der Waals surface area (Å²) in [5, 5.41) is 4.64. The number of hydrogen-bond acceptors (Lipinski definition) is 6. The predicted octanol–water partition coefficient (Wildman–Crippen LogP) is 3.93. The fourth-order valence-corrected chi connectivity index (χ4v) is 4.29. The Labute approximate surface area is 203 Å². The van der Waals surface area contributed by atoms with Crippen LogP contribution in [-0.2, 0) is 11.3 Å². The van der Waals surface area contributed by atoms with Crippen LogP contribution in [0.2, 0.25) is 0 Å². The van der Waals surface area contributed by atoms with Gasteiger partial charge in [-0.25, -0.2) is 0 Å². The number of ether oxygens (including phenoxy) is 4. The summed E-state index contributed by atoms with van der Waals surface area (Å²) in [6.45, 7) is 1.67. The summed E-state index contributed by atoms with van der Waals surface area (Å²) in [4.78, 5) is 17.9. The Hall–Kier alpha value is -3.30. The lowest BCUT2D eigenvalue weighted by atomic mass is 10.1. The fourth-order valence-electron chi connectivity index (χ4n) is 4.03. The van der Waals surface area contributed by atoms with Crippen molar-refractivity contribution in [2.45, 2.75) is 25.5 Å². The van der Waals surface area contributed by atoms with Gasteiger partial charge in [0, 0.05) is 35.9 Å². The number of anilines is 1. The molecule has 0 aliphatic carbocycles. The van der Waals surface area contributed by atoms with Crippen LogP contribution < -0.4 is 25.1 Å². The minimum Gasteiger partial charge on any atom is -0.497 e. The monoisotopic (exact) mass is 483 g/mol. The van der Waals surface area contributed by atoms with Crippen molar-refractivity contribution in [2.75, 3.05) is 39.8 Å². The number of nitrogens with zero attached hydrogens (tertiary/aromatic N) is 1. The van der Waals surface area contributed by atoms with Crippen molar-refractivity contribution in [3.05, 3.63) is 58.4 Å². The second kappa shape index (κ2) is 10.8. The third-order valence-corrected chi connectivity index (χ3v) is 6.22. The highest BCUT2D eigenvalue weighted by molar-refractivity contribution is 7.80. The molecule has 2 aromatic carbocycles. The average molecular weight is 484 g/mol. The van der Waals surface area contributed by atoms with Crippen molar-refractivity contribution in [1.29, 1.82) is 0 Å². The van der Waals surface area contributed by atoms with Crippen LogP contribution in [0.25, 0.3) is 10.9 Å². The zero-order chi connectivity index (χ0) is 24.1. The Kier molecular flexibility index (Phi) is 7.54. The number of fused-ring (bicyclic) bond motifs is 1. The predicted molar refractivity (Wildman–Crippen MR) is 136 cm³/mol. The molecule has 2 N–H and O–H groups in total. The molecule has 1 aromatic heterocycles. The summed E-state index contributed by atoms with van der Waals surface area (Å²) in [5.74, 6) is 1.92. The fraction of sp³-hybridized carbons (Fsp3) is 0.360. The van der Waals surface area contributed by atoms with Gasteiger partial charge in [-0.1, -0.05) is 0 Å². The molecule has 2 heterocycles. The van der Waals surface area contributed by atoms with Gasteiger partial charge >= 0.3 is 0 Å². The number of thiocarbonyl (C=S) groups is 1. The third kappa shape index (κ3) is 5.43. The van der Waals surface area contributed by atoms with Crippen molar-refractivity contribution in [3.8, 4) is 17.2 Å². The number of nitrogens with one attached hydrogen (secondary N) is 2. The first-order chi connectivity index (χ1) is 16.5. The second-order valence-corrected chi connectivity index (χ2v) is 8.48. The molecule has 4 rings (SSSR count). The molecule has 1 aliphatic rings. The molecular weight excluding hydrogens is 454 g/mol. The topological polar surface area (TPSA) is 85.1 Å². The molecule has 1 atom stereocenters. The summed E-state index contributed by atoms with van der Waals surface area (Å²) in [5.41, 5.74) is 1.93. The molecule has 8 nitrogen and oxygen atoms in total. The number of H-pyrrole nitrogens is 1.